The van der Waals surface area contributed by atoms with E-state index < -0.39 is 5.97 Å². The van der Waals surface area contributed by atoms with Gasteiger partial charge in [0.25, 0.3) is 0 Å². The first-order chi connectivity index (χ1) is 8.63. The zero-order valence-electron chi connectivity index (χ0n) is 9.93. The van der Waals surface area contributed by atoms with Gasteiger partial charge in [0.05, 0.1) is 29.5 Å². The van der Waals surface area contributed by atoms with Crippen LogP contribution in [0.5, 0.6) is 0 Å². The number of nitrogen functional groups attached to an aromatic ring is 1. The average Bonchev–Trinajstić information content (AvgIpc) is 2.90. The lowest BCUT2D eigenvalue weighted by Crippen LogP contribution is -2.31. The van der Waals surface area contributed by atoms with Crippen molar-refractivity contribution in [3.8, 4) is 0 Å². The predicted molar refractivity (Wildman–Crippen MR) is 67.7 cm³/mol. The number of nitrogens with one attached hydrogen (secondary N) is 1. The van der Waals surface area contributed by atoms with E-state index in [0.29, 0.717) is 17.5 Å². The van der Waals surface area contributed by atoms with Crippen LogP contribution in [0.3, 0.4) is 0 Å². The number of ether oxygens (including phenoxy) is 1. The Balaban J connectivity index is 1.83. The first-order valence-electron chi connectivity index (χ1n) is 6.18. The maximum atomic E-state index is 11.2. The third-order valence-electron chi connectivity index (χ3n) is 3.72. The van der Waals surface area contributed by atoms with Crippen LogP contribution in [0.4, 0.5) is 11.4 Å². The van der Waals surface area contributed by atoms with Gasteiger partial charge in [-0.15, -0.1) is 0 Å². The van der Waals surface area contributed by atoms with Crippen molar-refractivity contribution < 1.29 is 14.6 Å². The largest absolute Gasteiger partial charge is 0.478 e. The molecule has 1 aromatic rings. The molecular formula is C13H16N2O3. The van der Waals surface area contributed by atoms with Crippen molar-refractivity contribution in [2.24, 2.45) is 0 Å². The van der Waals surface area contributed by atoms with E-state index in [2.05, 4.69) is 5.32 Å². The number of fused-ring (bicyclic) bond motifs is 2. The van der Waals surface area contributed by atoms with Crippen LogP contribution in [0.1, 0.15) is 29.6 Å². The first kappa shape index (κ1) is 11.3. The van der Waals surface area contributed by atoms with Gasteiger partial charge in [-0.2, -0.15) is 0 Å². The standard InChI is InChI=1S/C13H16N2O3/c14-7-1-3-9(13(16)17)10(5-7)15-11-6-8-2-4-12(11)18-8/h1,3,5,8,11-12,15H,2,4,6,14H2,(H,16,17). The van der Waals surface area contributed by atoms with Crippen molar-refractivity contribution in [1.82, 2.24) is 0 Å². The zero-order valence-corrected chi connectivity index (χ0v) is 9.93. The Kier molecular flexibility index (Phi) is 2.63. The number of nitrogens with two attached hydrogens (primary N) is 1. The summed E-state index contributed by atoms with van der Waals surface area (Å²) in [6.07, 6.45) is 3.65. The highest BCUT2D eigenvalue weighted by molar-refractivity contribution is 5.95. The molecule has 2 bridgehead atoms. The monoisotopic (exact) mass is 248 g/mol. The van der Waals surface area contributed by atoms with Crippen LogP contribution in [0.15, 0.2) is 18.2 Å². The molecule has 0 saturated carbocycles. The zero-order chi connectivity index (χ0) is 12.7. The SMILES string of the molecule is Nc1ccc(C(=O)O)c(NC2CC3CCC2O3)c1. The van der Waals surface area contributed by atoms with Gasteiger partial charge in [-0.25, -0.2) is 4.79 Å². The summed E-state index contributed by atoms with van der Waals surface area (Å²) < 4.78 is 5.75. The summed E-state index contributed by atoms with van der Waals surface area (Å²) in [6.45, 7) is 0. The number of benzene rings is 1. The van der Waals surface area contributed by atoms with Gasteiger partial charge in [-0.1, -0.05) is 0 Å². The normalized spacial score (nSPS) is 29.4. The Labute approximate surface area is 105 Å². The minimum absolute atomic E-state index is 0.198. The quantitative estimate of drug-likeness (QED) is 0.709. The molecule has 3 atom stereocenters. The molecule has 2 heterocycles. The lowest BCUT2D eigenvalue weighted by Gasteiger charge is -2.22. The predicted octanol–water partition coefficient (Wildman–Crippen LogP) is 1.70. The van der Waals surface area contributed by atoms with E-state index in [1.54, 1.807) is 12.1 Å². The minimum Gasteiger partial charge on any atom is -0.478 e. The van der Waals surface area contributed by atoms with Gasteiger partial charge in [-0.05, 0) is 37.5 Å². The second-order valence-electron chi connectivity index (χ2n) is 4.97. The van der Waals surface area contributed by atoms with Crippen LogP contribution < -0.4 is 11.1 Å². The van der Waals surface area contributed by atoms with Gasteiger partial charge in [0.1, 0.15) is 0 Å². The van der Waals surface area contributed by atoms with Gasteiger partial charge in [-0.3, -0.25) is 0 Å². The summed E-state index contributed by atoms with van der Waals surface area (Å²) in [5.74, 6) is -0.943. The molecule has 3 rings (SSSR count). The molecule has 4 N–H and O–H groups in total. The van der Waals surface area contributed by atoms with Gasteiger partial charge in [0.2, 0.25) is 0 Å². The summed E-state index contributed by atoms with van der Waals surface area (Å²) in [7, 11) is 0. The van der Waals surface area contributed by atoms with Crippen molar-refractivity contribution in [3.63, 3.8) is 0 Å². The van der Waals surface area contributed by atoms with E-state index in [1.165, 1.54) is 6.07 Å². The van der Waals surface area contributed by atoms with Gasteiger partial charge < -0.3 is 20.9 Å². The molecule has 2 fully saturated rings. The van der Waals surface area contributed by atoms with Crippen molar-refractivity contribution >= 4 is 17.3 Å². The summed E-state index contributed by atoms with van der Waals surface area (Å²) >= 11 is 0. The molecule has 5 nitrogen and oxygen atoms in total. The molecular weight excluding hydrogens is 232 g/mol. The Hall–Kier alpha value is -1.75. The van der Waals surface area contributed by atoms with Crippen LogP contribution in [0.2, 0.25) is 0 Å². The smallest absolute Gasteiger partial charge is 0.337 e. The number of hydrogen-bond acceptors (Lipinski definition) is 4. The molecule has 0 spiro atoms. The third-order valence-corrected chi connectivity index (χ3v) is 3.72. The number of anilines is 2. The molecule has 18 heavy (non-hydrogen) atoms. The lowest BCUT2D eigenvalue weighted by atomic mass is 9.95. The highest BCUT2D eigenvalue weighted by Crippen LogP contribution is 2.36. The van der Waals surface area contributed by atoms with Gasteiger partial charge in [0, 0.05) is 5.69 Å². The molecule has 3 unspecified atom stereocenters. The summed E-state index contributed by atoms with van der Waals surface area (Å²) in [5, 5.41) is 12.4. The molecule has 2 aliphatic rings. The summed E-state index contributed by atoms with van der Waals surface area (Å²) in [5.41, 5.74) is 7.12. The van der Waals surface area contributed by atoms with Crippen LogP contribution in [-0.4, -0.2) is 29.3 Å². The average molecular weight is 248 g/mol. The molecule has 0 aliphatic carbocycles. The van der Waals surface area contributed by atoms with Crippen molar-refractivity contribution in [2.45, 2.75) is 37.5 Å². The fourth-order valence-corrected chi connectivity index (χ4v) is 2.86. The number of carboxylic acid groups (broad SMARTS) is 1. The maximum absolute atomic E-state index is 11.2. The van der Waals surface area contributed by atoms with E-state index in [9.17, 15) is 4.79 Å². The highest BCUT2D eigenvalue weighted by Gasteiger charge is 2.40. The number of rotatable bonds is 3. The molecule has 2 aliphatic heterocycles. The number of carbonyl (C=O) groups is 1. The Morgan fingerprint density at radius 2 is 2.28 bits per heavy atom. The van der Waals surface area contributed by atoms with Gasteiger partial charge >= 0.3 is 5.97 Å². The second-order valence-corrected chi connectivity index (χ2v) is 4.97. The second kappa shape index (κ2) is 4.17. The van der Waals surface area contributed by atoms with Crippen LogP contribution in [0, 0.1) is 0 Å². The Bertz CT molecular complexity index is 489. The van der Waals surface area contributed by atoms with E-state index in [0.717, 1.165) is 19.3 Å². The topological polar surface area (TPSA) is 84.6 Å². The first-order valence-corrected chi connectivity index (χ1v) is 6.18. The molecule has 0 amide bonds. The number of carboxylic acids is 1. The molecule has 0 radical (unpaired) electrons. The summed E-state index contributed by atoms with van der Waals surface area (Å²) in [6, 6.07) is 5.01. The highest BCUT2D eigenvalue weighted by atomic mass is 16.5. The van der Waals surface area contributed by atoms with Crippen LogP contribution in [-0.2, 0) is 4.74 Å². The van der Waals surface area contributed by atoms with Crippen molar-refractivity contribution in [2.75, 3.05) is 11.1 Å². The van der Waals surface area contributed by atoms with E-state index >= 15 is 0 Å². The van der Waals surface area contributed by atoms with Crippen molar-refractivity contribution in [1.29, 1.82) is 0 Å². The third kappa shape index (κ3) is 1.90. The fourth-order valence-electron chi connectivity index (χ4n) is 2.86. The van der Waals surface area contributed by atoms with E-state index in [4.69, 9.17) is 15.6 Å². The van der Waals surface area contributed by atoms with Crippen LogP contribution >= 0.6 is 0 Å². The van der Waals surface area contributed by atoms with E-state index in [1.807, 2.05) is 0 Å². The minimum atomic E-state index is -0.943. The Morgan fingerprint density at radius 1 is 1.44 bits per heavy atom. The summed E-state index contributed by atoms with van der Waals surface area (Å²) in [4.78, 5) is 11.2. The molecule has 5 heteroatoms. The lowest BCUT2D eigenvalue weighted by molar-refractivity contribution is 0.0697. The molecule has 96 valence electrons. The van der Waals surface area contributed by atoms with Crippen LogP contribution in [0.25, 0.3) is 0 Å². The molecule has 0 aromatic heterocycles. The van der Waals surface area contributed by atoms with Gasteiger partial charge in [0.15, 0.2) is 0 Å². The Morgan fingerprint density at radius 3 is 2.89 bits per heavy atom. The number of aromatic carboxylic acids is 1. The fraction of sp³-hybridized carbons (Fsp3) is 0.462. The van der Waals surface area contributed by atoms with Crippen molar-refractivity contribution in [3.05, 3.63) is 23.8 Å². The number of hydrogen-bond donors (Lipinski definition) is 3. The maximum Gasteiger partial charge on any atom is 0.337 e. The molecule has 2 saturated heterocycles. The van der Waals surface area contributed by atoms with E-state index in [-0.39, 0.29) is 17.7 Å². The molecule has 1 aromatic carbocycles.